The number of rotatable bonds is 4. The molecule has 1 aliphatic rings. The van der Waals surface area contributed by atoms with E-state index in [1.54, 1.807) is 11.0 Å². The number of amides is 1. The summed E-state index contributed by atoms with van der Waals surface area (Å²) in [7, 11) is 0. The van der Waals surface area contributed by atoms with Gasteiger partial charge in [0.15, 0.2) is 0 Å². The van der Waals surface area contributed by atoms with Crippen molar-refractivity contribution in [2.45, 2.75) is 25.5 Å². The molecule has 0 spiro atoms. The van der Waals surface area contributed by atoms with Crippen molar-refractivity contribution in [2.24, 2.45) is 0 Å². The Hall–Kier alpha value is -3.07. The summed E-state index contributed by atoms with van der Waals surface area (Å²) in [5.41, 5.74) is 3.75. The number of hydrogen-bond donors (Lipinski definition) is 0. The van der Waals surface area contributed by atoms with Crippen LogP contribution in [0.2, 0.25) is 0 Å². The molecule has 0 saturated carbocycles. The van der Waals surface area contributed by atoms with Crippen LogP contribution in [0.4, 0.5) is 4.79 Å². The molecule has 1 fully saturated rings. The quantitative estimate of drug-likeness (QED) is 0.702. The SMILES string of the molecule is C=C/C=C1\C(=C)CCC(c2ccccc2)N1C(=O)OCc1ccccc1. The zero-order valence-corrected chi connectivity index (χ0v) is 14.8. The average molecular weight is 345 g/mol. The number of ether oxygens (including phenoxy) is 1. The fourth-order valence-corrected chi connectivity index (χ4v) is 3.22. The second kappa shape index (κ2) is 8.34. The van der Waals surface area contributed by atoms with Gasteiger partial charge in [-0.05, 0) is 35.6 Å². The number of likely N-dealkylation sites (tertiary alicyclic amines) is 1. The lowest BCUT2D eigenvalue weighted by atomic mass is 9.91. The summed E-state index contributed by atoms with van der Waals surface area (Å²) < 4.78 is 5.61. The number of hydrogen-bond acceptors (Lipinski definition) is 2. The number of piperidine rings is 1. The topological polar surface area (TPSA) is 29.5 Å². The highest BCUT2D eigenvalue weighted by Crippen LogP contribution is 2.39. The first kappa shape index (κ1) is 17.7. The second-order valence-corrected chi connectivity index (χ2v) is 6.27. The first-order valence-corrected chi connectivity index (χ1v) is 8.76. The third-order valence-electron chi connectivity index (χ3n) is 4.51. The van der Waals surface area contributed by atoms with Crippen molar-refractivity contribution in [1.29, 1.82) is 0 Å². The number of carbonyl (C=O) groups excluding carboxylic acids is 1. The van der Waals surface area contributed by atoms with Crippen LogP contribution in [0, 0.1) is 0 Å². The number of carbonyl (C=O) groups is 1. The van der Waals surface area contributed by atoms with Gasteiger partial charge in [0.25, 0.3) is 0 Å². The Labute approximate surface area is 154 Å². The smallest absolute Gasteiger partial charge is 0.415 e. The molecule has 1 saturated heterocycles. The lowest BCUT2D eigenvalue weighted by Gasteiger charge is -2.38. The number of allylic oxidation sites excluding steroid dienone is 3. The minimum absolute atomic E-state index is 0.0730. The van der Waals surface area contributed by atoms with Crippen LogP contribution in [-0.2, 0) is 11.3 Å². The third kappa shape index (κ3) is 3.94. The summed E-state index contributed by atoms with van der Waals surface area (Å²) in [5.74, 6) is 0. The summed E-state index contributed by atoms with van der Waals surface area (Å²) in [6.07, 6.45) is 4.81. The first-order chi connectivity index (χ1) is 12.7. The van der Waals surface area contributed by atoms with Gasteiger partial charge in [-0.3, -0.25) is 4.90 Å². The Kier molecular flexibility index (Phi) is 5.69. The van der Waals surface area contributed by atoms with Crippen molar-refractivity contribution in [1.82, 2.24) is 4.90 Å². The van der Waals surface area contributed by atoms with Crippen LogP contribution >= 0.6 is 0 Å². The van der Waals surface area contributed by atoms with E-state index in [1.165, 1.54) is 0 Å². The molecule has 0 aromatic heterocycles. The molecular formula is C23H23NO2. The minimum Gasteiger partial charge on any atom is -0.444 e. The van der Waals surface area contributed by atoms with E-state index < -0.39 is 0 Å². The zero-order valence-electron chi connectivity index (χ0n) is 14.8. The molecule has 0 aliphatic carbocycles. The van der Waals surface area contributed by atoms with E-state index in [2.05, 4.69) is 13.2 Å². The predicted octanol–water partition coefficient (Wildman–Crippen LogP) is 5.79. The molecule has 2 aromatic rings. The van der Waals surface area contributed by atoms with Gasteiger partial charge < -0.3 is 4.74 Å². The van der Waals surface area contributed by atoms with Gasteiger partial charge in [0.05, 0.1) is 11.7 Å². The van der Waals surface area contributed by atoms with Crippen LogP contribution in [0.25, 0.3) is 0 Å². The Morgan fingerprint density at radius 1 is 1.12 bits per heavy atom. The fourth-order valence-electron chi connectivity index (χ4n) is 3.22. The molecule has 3 nitrogen and oxygen atoms in total. The monoisotopic (exact) mass is 345 g/mol. The van der Waals surface area contributed by atoms with Gasteiger partial charge in [0.2, 0.25) is 0 Å². The van der Waals surface area contributed by atoms with E-state index in [0.29, 0.717) is 0 Å². The summed E-state index contributed by atoms with van der Waals surface area (Å²) in [4.78, 5) is 14.7. The second-order valence-electron chi connectivity index (χ2n) is 6.27. The molecule has 132 valence electrons. The van der Waals surface area contributed by atoms with E-state index >= 15 is 0 Å². The molecule has 1 aliphatic heterocycles. The third-order valence-corrected chi connectivity index (χ3v) is 4.51. The lowest BCUT2D eigenvalue weighted by molar-refractivity contribution is 0.0892. The van der Waals surface area contributed by atoms with Gasteiger partial charge >= 0.3 is 6.09 Å². The molecule has 0 N–H and O–H groups in total. The Balaban J connectivity index is 1.87. The predicted molar refractivity (Wildman–Crippen MR) is 104 cm³/mol. The van der Waals surface area contributed by atoms with Crippen LogP contribution in [-0.4, -0.2) is 11.0 Å². The molecule has 1 unspecified atom stereocenters. The Morgan fingerprint density at radius 2 is 1.77 bits per heavy atom. The molecule has 1 heterocycles. The Bertz CT molecular complexity index is 809. The maximum Gasteiger partial charge on any atom is 0.415 e. The van der Waals surface area contributed by atoms with Crippen molar-refractivity contribution in [3.05, 3.63) is 108 Å². The van der Waals surface area contributed by atoms with E-state index in [1.807, 2.05) is 66.7 Å². The van der Waals surface area contributed by atoms with E-state index in [-0.39, 0.29) is 18.7 Å². The maximum atomic E-state index is 13.0. The highest BCUT2D eigenvalue weighted by Gasteiger charge is 2.34. The summed E-state index contributed by atoms with van der Waals surface area (Å²) in [6, 6.07) is 19.7. The van der Waals surface area contributed by atoms with Gasteiger partial charge in [-0.15, -0.1) is 0 Å². The van der Waals surface area contributed by atoms with E-state index in [9.17, 15) is 4.79 Å². The van der Waals surface area contributed by atoms with Crippen LogP contribution < -0.4 is 0 Å². The molecule has 0 bridgehead atoms. The van der Waals surface area contributed by atoms with Crippen molar-refractivity contribution in [3.8, 4) is 0 Å². The van der Waals surface area contributed by atoms with Gasteiger partial charge in [-0.1, -0.05) is 79.9 Å². The van der Waals surface area contributed by atoms with E-state index in [0.717, 1.165) is 35.2 Å². The lowest BCUT2D eigenvalue weighted by Crippen LogP contribution is -2.38. The van der Waals surface area contributed by atoms with E-state index in [4.69, 9.17) is 4.74 Å². The van der Waals surface area contributed by atoms with Crippen LogP contribution in [0.5, 0.6) is 0 Å². The normalized spacial score (nSPS) is 18.6. The van der Waals surface area contributed by atoms with Gasteiger partial charge in [-0.25, -0.2) is 4.79 Å². The summed E-state index contributed by atoms with van der Waals surface area (Å²) in [5, 5.41) is 0. The molecule has 26 heavy (non-hydrogen) atoms. The molecular weight excluding hydrogens is 322 g/mol. The Morgan fingerprint density at radius 3 is 2.42 bits per heavy atom. The molecule has 2 aromatic carbocycles. The van der Waals surface area contributed by atoms with Gasteiger partial charge in [-0.2, -0.15) is 0 Å². The largest absolute Gasteiger partial charge is 0.444 e. The molecule has 1 amide bonds. The molecule has 3 rings (SSSR count). The standard InChI is InChI=1S/C23H23NO2/c1-3-10-21-18(2)15-16-22(20-13-8-5-9-14-20)24(21)23(25)26-17-19-11-6-4-7-12-19/h3-14,22H,1-2,15-17H2/b21-10+. The van der Waals surface area contributed by atoms with Gasteiger partial charge in [0.1, 0.15) is 6.61 Å². The summed E-state index contributed by atoms with van der Waals surface area (Å²) >= 11 is 0. The van der Waals surface area contributed by atoms with Crippen LogP contribution in [0.1, 0.15) is 30.0 Å². The average Bonchev–Trinajstić information content (AvgIpc) is 2.69. The van der Waals surface area contributed by atoms with Crippen molar-refractivity contribution in [3.63, 3.8) is 0 Å². The molecule has 0 radical (unpaired) electrons. The fraction of sp³-hybridized carbons (Fsp3) is 0.174. The van der Waals surface area contributed by atoms with Gasteiger partial charge in [0, 0.05) is 0 Å². The molecule has 3 heteroatoms. The number of benzene rings is 2. The minimum atomic E-state index is -0.364. The van der Waals surface area contributed by atoms with Crippen LogP contribution in [0.3, 0.4) is 0 Å². The highest BCUT2D eigenvalue weighted by atomic mass is 16.6. The first-order valence-electron chi connectivity index (χ1n) is 8.76. The summed E-state index contributed by atoms with van der Waals surface area (Å²) in [6.45, 7) is 8.15. The van der Waals surface area contributed by atoms with Crippen molar-refractivity contribution >= 4 is 6.09 Å². The van der Waals surface area contributed by atoms with Crippen molar-refractivity contribution < 1.29 is 9.53 Å². The highest BCUT2D eigenvalue weighted by molar-refractivity contribution is 5.73. The van der Waals surface area contributed by atoms with Crippen molar-refractivity contribution in [2.75, 3.05) is 0 Å². The maximum absolute atomic E-state index is 13.0. The van der Waals surface area contributed by atoms with Crippen LogP contribution in [0.15, 0.2) is 97.2 Å². The number of nitrogens with zero attached hydrogens (tertiary/aromatic N) is 1. The molecule has 1 atom stereocenters. The zero-order chi connectivity index (χ0) is 18.4.